The van der Waals surface area contributed by atoms with Crippen molar-refractivity contribution in [3.63, 3.8) is 0 Å². The van der Waals surface area contributed by atoms with E-state index in [0.717, 1.165) is 10.9 Å². The van der Waals surface area contributed by atoms with Crippen molar-refractivity contribution in [2.75, 3.05) is 11.6 Å². The number of fused-ring (bicyclic) bond motifs is 1. The van der Waals surface area contributed by atoms with E-state index >= 15 is 0 Å². The Morgan fingerprint density at radius 2 is 2.00 bits per heavy atom. The quantitative estimate of drug-likeness (QED) is 0.756. The van der Waals surface area contributed by atoms with E-state index in [2.05, 4.69) is 10.3 Å². The van der Waals surface area contributed by atoms with E-state index in [9.17, 15) is 14.4 Å². The molecule has 26 heavy (non-hydrogen) atoms. The van der Waals surface area contributed by atoms with E-state index in [1.807, 2.05) is 24.3 Å². The molecule has 0 bridgehead atoms. The number of aromatic nitrogens is 1. The van der Waals surface area contributed by atoms with Crippen LogP contribution in [0.15, 0.2) is 30.5 Å². The van der Waals surface area contributed by atoms with Crippen LogP contribution in [0.5, 0.6) is 0 Å². The third-order valence-electron chi connectivity index (χ3n) is 5.10. The summed E-state index contributed by atoms with van der Waals surface area (Å²) in [6.45, 7) is 0. The lowest BCUT2D eigenvalue weighted by atomic mass is 9.80. The van der Waals surface area contributed by atoms with Crippen LogP contribution in [0.1, 0.15) is 23.2 Å². The van der Waals surface area contributed by atoms with Crippen LogP contribution in [-0.2, 0) is 9.59 Å². The van der Waals surface area contributed by atoms with Crippen LogP contribution < -0.4 is 5.32 Å². The number of carbonyl (C=O) groups excluding carboxylic acids is 2. The average Bonchev–Trinajstić information content (AvgIpc) is 3.23. The topological polar surface area (TPSA) is 102 Å². The molecule has 2 aromatic rings. The number of hydrogen-bond acceptors (Lipinski definition) is 4. The van der Waals surface area contributed by atoms with Crippen LogP contribution in [0.2, 0.25) is 0 Å². The summed E-state index contributed by atoms with van der Waals surface area (Å²) in [4.78, 5) is 41.2. The number of amides is 2. The first-order chi connectivity index (χ1) is 12.5. The van der Waals surface area contributed by atoms with E-state index in [1.165, 1.54) is 0 Å². The minimum atomic E-state index is -0.817. The number of para-hydroxylation sites is 1. The Bertz CT molecular complexity index is 874. The molecule has 2 aliphatic rings. The zero-order valence-electron chi connectivity index (χ0n) is 14.0. The highest BCUT2D eigenvalue weighted by Crippen LogP contribution is 2.30. The maximum absolute atomic E-state index is 13.0. The molecule has 1 aromatic carbocycles. The molecule has 136 valence electrons. The number of hydrogen-bond donors (Lipinski definition) is 3. The van der Waals surface area contributed by atoms with Gasteiger partial charge in [-0.25, -0.2) is 0 Å². The first kappa shape index (κ1) is 17.0. The molecular weight excluding hydrogens is 354 g/mol. The average molecular weight is 373 g/mol. The fourth-order valence-corrected chi connectivity index (χ4v) is 4.65. The van der Waals surface area contributed by atoms with Gasteiger partial charge in [0.15, 0.2) is 0 Å². The normalized spacial score (nSPS) is 25.1. The number of thioether (sulfide) groups is 1. The van der Waals surface area contributed by atoms with Gasteiger partial charge in [0.1, 0.15) is 6.04 Å². The molecule has 7 nitrogen and oxygen atoms in total. The third kappa shape index (κ3) is 2.94. The smallest absolute Gasteiger partial charge is 0.306 e. The lowest BCUT2D eigenvalue weighted by Gasteiger charge is -2.34. The number of carbonyl (C=O) groups is 3. The predicted molar refractivity (Wildman–Crippen MR) is 97.9 cm³/mol. The molecule has 8 heteroatoms. The molecular formula is C18H19N3O4S. The molecule has 4 rings (SSSR count). The van der Waals surface area contributed by atoms with Crippen molar-refractivity contribution in [3.05, 3.63) is 36.0 Å². The molecule has 1 aliphatic heterocycles. The van der Waals surface area contributed by atoms with E-state index in [-0.39, 0.29) is 23.8 Å². The summed E-state index contributed by atoms with van der Waals surface area (Å²) in [5.74, 6) is -0.527. The summed E-state index contributed by atoms with van der Waals surface area (Å²) in [6.07, 6.45) is 2.60. The second-order valence-corrected chi connectivity index (χ2v) is 7.75. The van der Waals surface area contributed by atoms with Gasteiger partial charge in [-0.1, -0.05) is 18.2 Å². The third-order valence-corrected chi connectivity index (χ3v) is 6.11. The van der Waals surface area contributed by atoms with Gasteiger partial charge in [-0.05, 0) is 18.9 Å². The number of nitrogens with zero attached hydrogens (tertiary/aromatic N) is 1. The Morgan fingerprint density at radius 1 is 1.23 bits per heavy atom. The Balaban J connectivity index is 1.45. The summed E-state index contributed by atoms with van der Waals surface area (Å²) in [7, 11) is 0. The van der Waals surface area contributed by atoms with Gasteiger partial charge in [0.05, 0.1) is 17.4 Å². The number of rotatable bonds is 4. The standard InChI is InChI=1S/C18H19N3O4S/c22-16(20-11-5-10(6-11)18(24)25)15-8-26-9-21(15)17(23)13-7-19-14-4-2-1-3-12(13)14/h1-4,7,10-11,15,19H,5-6,8-9H2,(H,20,22)(H,24,25). The fourth-order valence-electron chi connectivity index (χ4n) is 3.50. The Hall–Kier alpha value is -2.48. The van der Waals surface area contributed by atoms with Gasteiger partial charge in [0.2, 0.25) is 5.91 Å². The number of H-pyrrole nitrogens is 1. The minimum absolute atomic E-state index is 0.112. The van der Waals surface area contributed by atoms with Crippen molar-refractivity contribution < 1.29 is 19.5 Å². The molecule has 1 atom stereocenters. The molecule has 1 aromatic heterocycles. The molecule has 1 aliphatic carbocycles. The minimum Gasteiger partial charge on any atom is -0.481 e. The zero-order valence-corrected chi connectivity index (χ0v) is 14.8. The number of carboxylic acid groups (broad SMARTS) is 1. The Morgan fingerprint density at radius 3 is 2.77 bits per heavy atom. The Kier molecular flexibility index (Phi) is 4.36. The summed E-state index contributed by atoms with van der Waals surface area (Å²) >= 11 is 1.55. The molecule has 1 unspecified atom stereocenters. The van der Waals surface area contributed by atoms with Crippen molar-refractivity contribution in [1.29, 1.82) is 0 Å². The van der Waals surface area contributed by atoms with Crippen LogP contribution in [-0.4, -0.2) is 56.5 Å². The number of nitrogens with one attached hydrogen (secondary N) is 2. The van der Waals surface area contributed by atoms with Crippen molar-refractivity contribution >= 4 is 40.4 Å². The number of benzene rings is 1. The van der Waals surface area contributed by atoms with Crippen molar-refractivity contribution in [2.45, 2.75) is 24.9 Å². The van der Waals surface area contributed by atoms with Crippen LogP contribution in [0, 0.1) is 5.92 Å². The predicted octanol–water partition coefficient (Wildman–Crippen LogP) is 1.66. The van der Waals surface area contributed by atoms with E-state index in [4.69, 9.17) is 5.11 Å². The zero-order chi connectivity index (χ0) is 18.3. The van der Waals surface area contributed by atoms with E-state index in [1.54, 1.807) is 22.9 Å². The number of carboxylic acids is 1. The monoisotopic (exact) mass is 373 g/mol. The number of aliphatic carboxylic acids is 1. The maximum atomic E-state index is 13.0. The summed E-state index contributed by atoms with van der Waals surface area (Å²) in [5.41, 5.74) is 1.45. The fraction of sp³-hybridized carbons (Fsp3) is 0.389. The van der Waals surface area contributed by atoms with Gasteiger partial charge < -0.3 is 20.3 Å². The largest absolute Gasteiger partial charge is 0.481 e. The van der Waals surface area contributed by atoms with Crippen LogP contribution in [0.25, 0.3) is 10.9 Å². The highest BCUT2D eigenvalue weighted by molar-refractivity contribution is 7.99. The van der Waals surface area contributed by atoms with Gasteiger partial charge in [-0.15, -0.1) is 11.8 Å². The van der Waals surface area contributed by atoms with Crippen molar-refractivity contribution in [1.82, 2.24) is 15.2 Å². The van der Waals surface area contributed by atoms with E-state index in [0.29, 0.717) is 30.0 Å². The van der Waals surface area contributed by atoms with Gasteiger partial charge in [-0.2, -0.15) is 0 Å². The van der Waals surface area contributed by atoms with Crippen LogP contribution in [0.4, 0.5) is 0 Å². The summed E-state index contributed by atoms with van der Waals surface area (Å²) < 4.78 is 0. The van der Waals surface area contributed by atoms with E-state index < -0.39 is 12.0 Å². The van der Waals surface area contributed by atoms with Gasteiger partial charge in [0, 0.05) is 28.9 Å². The van der Waals surface area contributed by atoms with Crippen LogP contribution in [0.3, 0.4) is 0 Å². The van der Waals surface area contributed by atoms with Gasteiger partial charge >= 0.3 is 5.97 Å². The SMILES string of the molecule is O=C(O)C1CC(NC(=O)C2CSCN2C(=O)c2c[nH]c3ccccc23)C1. The molecule has 1 saturated carbocycles. The van der Waals surface area contributed by atoms with Gasteiger partial charge in [0.25, 0.3) is 5.91 Å². The van der Waals surface area contributed by atoms with Crippen molar-refractivity contribution in [2.24, 2.45) is 5.92 Å². The highest BCUT2D eigenvalue weighted by Gasteiger charge is 2.40. The highest BCUT2D eigenvalue weighted by atomic mass is 32.2. The first-order valence-corrected chi connectivity index (χ1v) is 9.68. The second kappa shape index (κ2) is 6.68. The second-order valence-electron chi connectivity index (χ2n) is 6.75. The number of aromatic amines is 1. The molecule has 2 fully saturated rings. The van der Waals surface area contributed by atoms with Gasteiger partial charge in [-0.3, -0.25) is 14.4 Å². The first-order valence-electron chi connectivity index (χ1n) is 8.52. The lowest BCUT2D eigenvalue weighted by Crippen LogP contribution is -2.53. The molecule has 2 heterocycles. The molecule has 1 saturated heterocycles. The molecule has 2 amide bonds. The summed E-state index contributed by atoms with van der Waals surface area (Å²) in [5, 5.41) is 12.7. The van der Waals surface area contributed by atoms with Crippen molar-refractivity contribution in [3.8, 4) is 0 Å². The Labute approximate surface area is 154 Å². The molecule has 0 spiro atoms. The maximum Gasteiger partial charge on any atom is 0.306 e. The molecule has 0 radical (unpaired) electrons. The van der Waals surface area contributed by atoms with Crippen LogP contribution >= 0.6 is 11.8 Å². The lowest BCUT2D eigenvalue weighted by molar-refractivity contribution is -0.146. The summed E-state index contributed by atoms with van der Waals surface area (Å²) in [6, 6.07) is 6.94. The molecule has 3 N–H and O–H groups in total.